The minimum absolute atomic E-state index is 0.00590. The van der Waals surface area contributed by atoms with Crippen LogP contribution in [-0.4, -0.2) is 96.5 Å². The predicted octanol–water partition coefficient (Wildman–Crippen LogP) is 4.49. The maximum absolute atomic E-state index is 14.9. The van der Waals surface area contributed by atoms with Gasteiger partial charge in [-0.15, -0.1) is 0 Å². The van der Waals surface area contributed by atoms with Crippen LogP contribution < -0.4 is 24.8 Å². The summed E-state index contributed by atoms with van der Waals surface area (Å²) in [5, 5.41) is 5.37. The third-order valence-corrected chi connectivity index (χ3v) is 13.4. The number of ether oxygens (including phenoxy) is 4. The number of aromatic nitrogens is 1. The monoisotopic (exact) mass is 819 g/mol. The van der Waals surface area contributed by atoms with Gasteiger partial charge in [0.25, 0.3) is 15.9 Å². The normalized spacial score (nSPS) is 33.6. The van der Waals surface area contributed by atoms with Crippen molar-refractivity contribution in [2.75, 3.05) is 13.7 Å². The number of amides is 3. The molecule has 17 heteroatoms. The molecule has 4 heterocycles. The molecule has 0 radical (unpaired) electrons. The molecule has 0 spiro atoms. The topological polar surface area (TPSA) is 178 Å². The second-order valence-electron chi connectivity index (χ2n) is 17.0. The molecule has 3 aliphatic heterocycles. The van der Waals surface area contributed by atoms with Gasteiger partial charge in [-0.3, -0.25) is 19.7 Å². The minimum atomic E-state index is -4.65. The van der Waals surface area contributed by atoms with E-state index in [-0.39, 0.29) is 55.9 Å². The molecule has 5 aliphatic rings. The Balaban J connectivity index is 1.21. The van der Waals surface area contributed by atoms with Crippen LogP contribution in [0, 0.1) is 17.8 Å². The predicted molar refractivity (Wildman–Crippen MR) is 205 cm³/mol. The van der Waals surface area contributed by atoms with Crippen molar-refractivity contribution < 1.29 is 46.1 Å². The Labute approximate surface area is 331 Å². The number of allylic oxidation sites excluding steroid dienone is 1. The molecule has 9 atom stereocenters. The highest BCUT2D eigenvalue weighted by atomic mass is 35.5. The molecular weight excluding hydrogens is 769 g/mol. The fourth-order valence-corrected chi connectivity index (χ4v) is 9.40. The summed E-state index contributed by atoms with van der Waals surface area (Å²) >= 11 is 6.48. The van der Waals surface area contributed by atoms with Crippen LogP contribution in [0.1, 0.15) is 79.6 Å². The van der Waals surface area contributed by atoms with Gasteiger partial charge in [-0.05, 0) is 81.9 Å². The van der Waals surface area contributed by atoms with Crippen LogP contribution in [0.5, 0.6) is 11.6 Å². The van der Waals surface area contributed by atoms with E-state index in [1.165, 1.54) is 12.0 Å². The molecule has 2 saturated heterocycles. The number of epoxide rings is 1. The molecule has 3 N–H and O–H groups in total. The first-order chi connectivity index (χ1) is 26.3. The first-order valence-corrected chi connectivity index (χ1v) is 21.1. The van der Waals surface area contributed by atoms with Crippen LogP contribution in [0.2, 0.25) is 5.02 Å². The second-order valence-corrected chi connectivity index (χ2v) is 19.4. The van der Waals surface area contributed by atoms with Gasteiger partial charge in [-0.25, -0.2) is 22.5 Å². The van der Waals surface area contributed by atoms with Gasteiger partial charge < -0.3 is 29.2 Å². The quantitative estimate of drug-likeness (QED) is 0.240. The lowest BCUT2D eigenvalue weighted by Crippen LogP contribution is -2.59. The van der Waals surface area contributed by atoms with Crippen molar-refractivity contribution in [2.24, 2.45) is 17.8 Å². The van der Waals surface area contributed by atoms with Gasteiger partial charge in [-0.2, -0.15) is 0 Å². The zero-order valence-electron chi connectivity index (χ0n) is 32.5. The molecule has 4 fully saturated rings. The number of alkyl halides is 1. The molecule has 1 aromatic carbocycles. The number of hydrogen-bond acceptors (Lipinski definition) is 11. The fraction of sp³-hybridized carbons (Fsp3) is 0.641. The Morgan fingerprint density at radius 3 is 2.62 bits per heavy atom. The van der Waals surface area contributed by atoms with Gasteiger partial charge in [0.1, 0.15) is 23.4 Å². The van der Waals surface area contributed by atoms with E-state index in [9.17, 15) is 27.2 Å². The molecule has 2 aliphatic carbocycles. The summed E-state index contributed by atoms with van der Waals surface area (Å²) in [7, 11) is -3.13. The van der Waals surface area contributed by atoms with Crippen molar-refractivity contribution in [1.82, 2.24) is 25.2 Å². The molecule has 2 saturated carbocycles. The van der Waals surface area contributed by atoms with Crippen LogP contribution in [0.25, 0.3) is 10.8 Å². The molecular formula is C39H51ClFN5O9S. The van der Waals surface area contributed by atoms with Crippen LogP contribution in [-0.2, 0) is 33.9 Å². The molecule has 14 nitrogen and oxygen atoms in total. The van der Waals surface area contributed by atoms with Gasteiger partial charge in [0.05, 0.1) is 30.3 Å². The Morgan fingerprint density at radius 2 is 1.93 bits per heavy atom. The van der Waals surface area contributed by atoms with E-state index in [4.69, 9.17) is 30.5 Å². The number of carbonyl (C=O) groups is 3. The first-order valence-electron chi connectivity index (χ1n) is 19.3. The maximum Gasteiger partial charge on any atom is 0.270 e. The number of carbonyl (C=O) groups excluding carboxylic acids is 3. The van der Waals surface area contributed by atoms with Gasteiger partial charge >= 0.3 is 0 Å². The summed E-state index contributed by atoms with van der Waals surface area (Å²) in [6.45, 7) is 9.84. The third-order valence-electron chi connectivity index (χ3n) is 11.3. The van der Waals surface area contributed by atoms with Crippen molar-refractivity contribution >= 4 is 50.1 Å². The molecule has 3 amide bonds. The largest absolute Gasteiger partial charge is 0.495 e. The van der Waals surface area contributed by atoms with Crippen LogP contribution in [0.3, 0.4) is 0 Å². The van der Waals surface area contributed by atoms with Gasteiger partial charge in [0, 0.05) is 36.8 Å². The standard InChI is InChI=1S/C39H51ClFN5O9S/c1-21-9-7-8-10-24-19-39(24,36(49)45-56(50,51)38(41)12-13-38)44-31(47)28-17-25(53-32-26-18-27(40)29(52-6)16-23(26)11-14-42-32)20-46(28)34(48)30(22(2)15-21)43-33-35(54-33)55-37(3,4)5/h8,10-11,14,16,18,21-22,24-25,28,30,33,35,43H,7,9,12-13,15,17,19-20H2,1-6H3,(H,44,47)(H,45,49)/b10-8-/t21-,22-,24-,25-,28+,30+,33?,35?,39-/m1/s1. The third kappa shape index (κ3) is 8.36. The van der Waals surface area contributed by atoms with E-state index in [1.54, 1.807) is 24.4 Å². The summed E-state index contributed by atoms with van der Waals surface area (Å²) in [6, 6.07) is 3.30. The minimum Gasteiger partial charge on any atom is -0.495 e. The van der Waals surface area contributed by atoms with Crippen molar-refractivity contribution in [1.29, 1.82) is 0 Å². The lowest BCUT2D eigenvalue weighted by atomic mass is 9.88. The highest BCUT2D eigenvalue weighted by molar-refractivity contribution is 7.91. The van der Waals surface area contributed by atoms with Crippen LogP contribution >= 0.6 is 11.6 Å². The van der Waals surface area contributed by atoms with Gasteiger partial charge in [-0.1, -0.05) is 37.6 Å². The first kappa shape index (κ1) is 40.6. The lowest BCUT2D eigenvalue weighted by Gasteiger charge is -2.33. The highest BCUT2D eigenvalue weighted by Gasteiger charge is 2.64. The van der Waals surface area contributed by atoms with E-state index < -0.39 is 74.6 Å². The zero-order chi connectivity index (χ0) is 40.4. The molecule has 0 bridgehead atoms. The number of fused-ring (bicyclic) bond motifs is 3. The SMILES string of the molecule is COc1cc2ccnc(O[C@@H]3C[C@H]4C(=O)N[C@]5(C(=O)NS(=O)(=O)C6(F)CC6)C[C@H]5/C=C\CC[C@@H](C)C[C@@H](C)[C@H](NC5OC5OC(C)(C)C)C(=O)N4C3)c2cc1Cl. The van der Waals surface area contributed by atoms with E-state index in [2.05, 4.69) is 22.5 Å². The molecule has 2 aromatic rings. The zero-order valence-corrected chi connectivity index (χ0v) is 34.0. The number of hydrogen-bond donors (Lipinski definition) is 3. The van der Waals surface area contributed by atoms with Gasteiger partial charge in [0.2, 0.25) is 22.7 Å². The van der Waals surface area contributed by atoms with Crippen LogP contribution in [0.15, 0.2) is 36.5 Å². The lowest BCUT2D eigenvalue weighted by molar-refractivity contribution is -0.142. The number of benzene rings is 1. The number of sulfonamides is 1. The number of methoxy groups -OCH3 is 1. The number of pyridine rings is 1. The molecule has 56 heavy (non-hydrogen) atoms. The average molecular weight is 820 g/mol. The van der Waals surface area contributed by atoms with Crippen molar-refractivity contribution in [2.45, 2.75) is 126 Å². The summed E-state index contributed by atoms with van der Waals surface area (Å²) in [6.07, 6.45) is 5.29. The summed E-state index contributed by atoms with van der Waals surface area (Å²) in [5.74, 6) is -1.88. The second kappa shape index (κ2) is 15.0. The molecule has 7 rings (SSSR count). The molecule has 1 aromatic heterocycles. The van der Waals surface area contributed by atoms with E-state index in [0.29, 0.717) is 29.0 Å². The van der Waals surface area contributed by atoms with E-state index in [1.807, 2.05) is 44.6 Å². The molecule has 306 valence electrons. The smallest absolute Gasteiger partial charge is 0.270 e. The Bertz CT molecular complexity index is 2030. The average Bonchev–Trinajstić information content (AvgIpc) is 4.08. The molecule has 2 unspecified atom stereocenters. The summed E-state index contributed by atoms with van der Waals surface area (Å²) in [4.78, 5) is 49.1. The number of nitrogens with zero attached hydrogens (tertiary/aromatic N) is 2. The van der Waals surface area contributed by atoms with E-state index in [0.717, 1.165) is 11.8 Å². The number of halogens is 2. The summed E-state index contributed by atoms with van der Waals surface area (Å²) in [5.41, 5.74) is -2.15. The number of nitrogens with one attached hydrogen (secondary N) is 3. The number of rotatable bonds is 9. The Hall–Kier alpha value is -3.57. The maximum atomic E-state index is 14.9. The summed E-state index contributed by atoms with van der Waals surface area (Å²) < 4.78 is 66.1. The van der Waals surface area contributed by atoms with Crippen molar-refractivity contribution in [3.05, 3.63) is 41.6 Å². The van der Waals surface area contributed by atoms with Crippen LogP contribution in [0.4, 0.5) is 4.39 Å². The van der Waals surface area contributed by atoms with Gasteiger partial charge in [0.15, 0.2) is 12.5 Å². The van der Waals surface area contributed by atoms with E-state index >= 15 is 0 Å². The van der Waals surface area contributed by atoms with Crippen molar-refractivity contribution in [3.8, 4) is 11.6 Å². The highest BCUT2D eigenvalue weighted by Crippen LogP contribution is 2.48. The fourth-order valence-electron chi connectivity index (χ4n) is 7.91. The Kier molecular flexibility index (Phi) is 10.9. The van der Waals surface area contributed by atoms with Crippen molar-refractivity contribution in [3.63, 3.8) is 0 Å². The Morgan fingerprint density at radius 1 is 1.18 bits per heavy atom.